The van der Waals surface area contributed by atoms with Crippen LogP contribution in [-0.2, 0) is 26.1 Å². The van der Waals surface area contributed by atoms with E-state index in [1.54, 1.807) is 23.1 Å². The van der Waals surface area contributed by atoms with Crippen LogP contribution in [0.3, 0.4) is 0 Å². The van der Waals surface area contributed by atoms with Gasteiger partial charge in [-0.25, -0.2) is 8.78 Å². The van der Waals surface area contributed by atoms with E-state index >= 15 is 0 Å². The van der Waals surface area contributed by atoms with E-state index in [4.69, 9.17) is 15.3 Å². The Balaban J connectivity index is 0.000000193. The number of nitrogens with zero attached hydrogens (tertiary/aromatic N) is 3. The summed E-state index contributed by atoms with van der Waals surface area (Å²) in [7, 11) is 0. The molecule has 292 valence electrons. The number of carbonyl (C=O) groups excluding carboxylic acids is 2. The van der Waals surface area contributed by atoms with Crippen molar-refractivity contribution in [3.63, 3.8) is 0 Å². The molecule has 4 N–H and O–H groups in total. The predicted octanol–water partition coefficient (Wildman–Crippen LogP) is 5.02. The molecule has 2 aromatic heterocycles. The number of ether oxygens (including phenoxy) is 2. The minimum Gasteiger partial charge on any atom is -0.482 e. The molecule has 0 bridgehead atoms. The van der Waals surface area contributed by atoms with Gasteiger partial charge in [-0.1, -0.05) is 84.9 Å². The Bertz CT molecular complexity index is 2440. The highest BCUT2D eigenvalue weighted by molar-refractivity contribution is 5.96. The first-order chi connectivity index (χ1) is 27.7. The third-order valence-corrected chi connectivity index (χ3v) is 8.87. The van der Waals surface area contributed by atoms with Crippen LogP contribution in [0, 0.1) is 11.6 Å². The molecule has 0 saturated heterocycles. The summed E-state index contributed by atoms with van der Waals surface area (Å²) >= 11 is 0. The first kappa shape index (κ1) is 39.5. The molecule has 3 heterocycles. The largest absolute Gasteiger partial charge is 0.482 e. The molecule has 0 fully saturated rings. The molecular weight excluding hydrogens is 735 g/mol. The lowest BCUT2D eigenvalue weighted by molar-refractivity contribution is 0.0721. The molecule has 0 radical (unpaired) electrons. The van der Waals surface area contributed by atoms with Gasteiger partial charge in [0.25, 0.3) is 11.8 Å². The topological polar surface area (TPSA) is 150 Å². The van der Waals surface area contributed by atoms with Crippen molar-refractivity contribution in [2.45, 2.75) is 26.1 Å². The normalized spacial score (nSPS) is 11.8. The molecule has 0 saturated carbocycles. The summed E-state index contributed by atoms with van der Waals surface area (Å²) in [6.45, 7) is 1.23. The van der Waals surface area contributed by atoms with Gasteiger partial charge in [0.2, 0.25) is 10.9 Å². The second kappa shape index (κ2) is 18.9. The van der Waals surface area contributed by atoms with Gasteiger partial charge in [-0.05, 0) is 59.4 Å². The highest BCUT2D eigenvalue weighted by atomic mass is 19.1. The van der Waals surface area contributed by atoms with Gasteiger partial charge in [-0.3, -0.25) is 28.5 Å². The number of hydrogen-bond acceptors (Lipinski definition) is 8. The van der Waals surface area contributed by atoms with Gasteiger partial charge < -0.3 is 31.0 Å². The van der Waals surface area contributed by atoms with E-state index in [1.165, 1.54) is 53.5 Å². The van der Waals surface area contributed by atoms with Crippen LogP contribution >= 0.6 is 0 Å². The number of rotatable bonds is 13. The number of fused-ring (bicyclic) bond motifs is 1. The number of amides is 2. The summed E-state index contributed by atoms with van der Waals surface area (Å²) in [6, 6.07) is 33.8. The quantitative estimate of drug-likeness (QED) is 0.139. The number of nitrogen functional groups attached to an aromatic ring is 1. The van der Waals surface area contributed by atoms with Gasteiger partial charge in [0.05, 0.1) is 0 Å². The zero-order chi connectivity index (χ0) is 40.1. The molecular formula is C43H40F2N6O6. The van der Waals surface area contributed by atoms with Crippen LogP contribution in [0.5, 0.6) is 11.5 Å². The van der Waals surface area contributed by atoms with Crippen molar-refractivity contribution in [3.8, 4) is 11.5 Å². The van der Waals surface area contributed by atoms with Crippen molar-refractivity contribution in [1.29, 1.82) is 0 Å². The van der Waals surface area contributed by atoms with Crippen LogP contribution in [0.2, 0.25) is 0 Å². The van der Waals surface area contributed by atoms with E-state index in [0.29, 0.717) is 19.4 Å². The fourth-order valence-corrected chi connectivity index (χ4v) is 5.96. The maximum atomic E-state index is 13.4. The molecule has 57 heavy (non-hydrogen) atoms. The number of pyridine rings is 2. The molecule has 14 heteroatoms. The van der Waals surface area contributed by atoms with Crippen molar-refractivity contribution in [2.24, 2.45) is 0 Å². The molecule has 6 aromatic rings. The lowest BCUT2D eigenvalue weighted by atomic mass is 10.1. The number of carbonyl (C=O) groups is 2. The Hall–Kier alpha value is -7.22. The summed E-state index contributed by atoms with van der Waals surface area (Å²) in [4.78, 5) is 51.9. The molecule has 1 aliphatic heterocycles. The molecule has 2 amide bonds. The smallest absolute Gasteiger partial charge is 0.277 e. The predicted molar refractivity (Wildman–Crippen MR) is 211 cm³/mol. The number of nitrogens with two attached hydrogens (primary N) is 1. The standard InChI is InChI=1S/C22H20FN3O3.C21H20FN3O3/c23-18-8-4-7-16(13-18)9-11-25-15-24-26-12-10-19(27)21(20(26)22(25)28)29-14-17-5-2-1-3-6-17;22-17-8-4-7-15(13-17)9-11-24-21(27)19-20(18(26)10-12-25(19)23)28-14-16-5-2-1-3-6-16/h1-8,10,12-13,24H,9,11,14-15H2;1-8,10,12-13H,9,11,14,23H2,(H,24,27). The molecule has 0 aliphatic carbocycles. The average molecular weight is 775 g/mol. The highest BCUT2D eigenvalue weighted by Gasteiger charge is 2.29. The van der Waals surface area contributed by atoms with Gasteiger partial charge in [-0.2, -0.15) is 0 Å². The summed E-state index contributed by atoms with van der Waals surface area (Å²) in [5.74, 6) is 4.27. The second-order valence-corrected chi connectivity index (χ2v) is 12.9. The molecule has 0 atom stereocenters. The highest BCUT2D eigenvalue weighted by Crippen LogP contribution is 2.20. The number of hydrogen-bond donors (Lipinski definition) is 3. The van der Waals surface area contributed by atoms with Gasteiger partial charge in [-0.15, -0.1) is 0 Å². The molecule has 0 unspecified atom stereocenters. The van der Waals surface area contributed by atoms with E-state index in [2.05, 4.69) is 10.7 Å². The van der Waals surface area contributed by atoms with Gasteiger partial charge >= 0.3 is 0 Å². The van der Waals surface area contributed by atoms with Gasteiger partial charge in [0, 0.05) is 37.6 Å². The Morgan fingerprint density at radius 2 is 1.23 bits per heavy atom. The lowest BCUT2D eigenvalue weighted by Crippen LogP contribution is -2.47. The third-order valence-electron chi connectivity index (χ3n) is 8.87. The zero-order valence-corrected chi connectivity index (χ0v) is 30.8. The van der Waals surface area contributed by atoms with E-state index in [0.717, 1.165) is 26.9 Å². The summed E-state index contributed by atoms with van der Waals surface area (Å²) < 4.78 is 40.5. The molecule has 0 spiro atoms. The van der Waals surface area contributed by atoms with Gasteiger partial charge in [0.1, 0.15) is 31.5 Å². The van der Waals surface area contributed by atoms with Crippen molar-refractivity contribution < 1.29 is 27.8 Å². The average Bonchev–Trinajstić information content (AvgIpc) is 3.21. The van der Waals surface area contributed by atoms with Crippen LogP contribution in [0.25, 0.3) is 0 Å². The molecule has 4 aromatic carbocycles. The molecule has 1 aliphatic rings. The SMILES string of the molecule is Nn1ccc(=O)c(OCc2ccccc2)c1C(=O)NCCc1cccc(F)c1.O=C1c2c(OCc3ccccc3)c(=O)ccn2NCN1CCc1cccc(F)c1. The van der Waals surface area contributed by atoms with Crippen molar-refractivity contribution >= 4 is 11.8 Å². The van der Waals surface area contributed by atoms with Crippen LogP contribution in [-0.4, -0.2) is 45.8 Å². The number of halogens is 2. The minimum atomic E-state index is -0.542. The zero-order valence-electron chi connectivity index (χ0n) is 30.8. The Morgan fingerprint density at radius 3 is 1.84 bits per heavy atom. The van der Waals surface area contributed by atoms with E-state index < -0.39 is 11.3 Å². The van der Waals surface area contributed by atoms with Crippen LogP contribution in [0.15, 0.2) is 143 Å². The number of nitrogens with one attached hydrogen (secondary N) is 2. The van der Waals surface area contributed by atoms with E-state index in [9.17, 15) is 28.0 Å². The summed E-state index contributed by atoms with van der Waals surface area (Å²) in [5, 5.41) is 2.69. The Labute approximate surface area is 326 Å². The first-order valence-corrected chi connectivity index (χ1v) is 18.1. The van der Waals surface area contributed by atoms with Crippen LogP contribution < -0.4 is 36.9 Å². The number of aromatic nitrogens is 2. The minimum absolute atomic E-state index is 0.0179. The van der Waals surface area contributed by atoms with Crippen molar-refractivity contribution in [3.05, 3.63) is 199 Å². The lowest BCUT2D eigenvalue weighted by Gasteiger charge is -2.31. The van der Waals surface area contributed by atoms with Crippen molar-refractivity contribution in [1.82, 2.24) is 19.6 Å². The maximum Gasteiger partial charge on any atom is 0.277 e. The maximum absolute atomic E-state index is 13.4. The fraction of sp³-hybridized carbons (Fsp3) is 0.163. The van der Waals surface area contributed by atoms with Crippen LogP contribution in [0.4, 0.5) is 8.78 Å². The number of benzene rings is 4. The van der Waals surface area contributed by atoms with Gasteiger partial charge in [0.15, 0.2) is 22.9 Å². The Morgan fingerprint density at radius 1 is 0.684 bits per heavy atom. The van der Waals surface area contributed by atoms with Crippen molar-refractivity contribution in [2.75, 3.05) is 31.0 Å². The third kappa shape index (κ3) is 10.5. The van der Waals surface area contributed by atoms with E-state index in [-0.39, 0.29) is 72.3 Å². The molecule has 7 rings (SSSR count). The van der Waals surface area contributed by atoms with E-state index in [1.807, 2.05) is 66.7 Å². The Kier molecular flexibility index (Phi) is 13.1. The fourth-order valence-electron chi connectivity index (χ4n) is 5.96. The molecule has 12 nitrogen and oxygen atoms in total. The first-order valence-electron chi connectivity index (χ1n) is 18.1. The van der Waals surface area contributed by atoms with Crippen LogP contribution in [0.1, 0.15) is 43.2 Å². The second-order valence-electron chi connectivity index (χ2n) is 12.9. The summed E-state index contributed by atoms with van der Waals surface area (Å²) in [5.41, 5.74) is 5.69. The summed E-state index contributed by atoms with van der Waals surface area (Å²) in [6.07, 6.45) is 3.77. The monoisotopic (exact) mass is 774 g/mol.